The Morgan fingerprint density at radius 1 is 1.14 bits per heavy atom. The third-order valence-electron chi connectivity index (χ3n) is 3.78. The molecular weight excluding hydrogens is 260 g/mol. The Balaban J connectivity index is 1.60. The normalized spacial score (nSPS) is 12.6. The Bertz CT molecular complexity index is 686. The van der Waals surface area contributed by atoms with Crippen molar-refractivity contribution < 1.29 is 0 Å². The molecule has 0 amide bonds. The maximum Gasteiger partial charge on any atom is 0.0692 e. The second-order valence-corrected chi connectivity index (χ2v) is 5.26. The van der Waals surface area contributed by atoms with Gasteiger partial charge in [0.15, 0.2) is 0 Å². The standard InChI is InChI=1S/C17H20N4/c1-14(18-10-5-12-21-13-11-19-20-21)16-9-4-7-15-6-2-3-8-17(15)16/h2-4,6-9,11,13-14,18H,5,10,12H2,1H3. The lowest BCUT2D eigenvalue weighted by Gasteiger charge is -2.16. The SMILES string of the molecule is CC(NCCCn1ccnn1)c1cccc2ccccc12. The number of fused-ring (bicyclic) bond motifs is 1. The van der Waals surface area contributed by atoms with Crippen molar-refractivity contribution >= 4 is 10.8 Å². The van der Waals surface area contributed by atoms with Crippen LogP contribution in [-0.4, -0.2) is 21.5 Å². The van der Waals surface area contributed by atoms with Crippen LogP contribution in [-0.2, 0) is 6.54 Å². The second kappa shape index (κ2) is 6.50. The van der Waals surface area contributed by atoms with E-state index >= 15 is 0 Å². The number of rotatable bonds is 6. The van der Waals surface area contributed by atoms with E-state index < -0.39 is 0 Å². The Morgan fingerprint density at radius 3 is 2.86 bits per heavy atom. The molecule has 0 saturated carbocycles. The highest BCUT2D eigenvalue weighted by molar-refractivity contribution is 5.86. The van der Waals surface area contributed by atoms with Crippen LogP contribution in [0.4, 0.5) is 0 Å². The quantitative estimate of drug-likeness (QED) is 0.705. The molecule has 0 aliphatic heterocycles. The number of benzene rings is 2. The molecule has 0 aliphatic carbocycles. The van der Waals surface area contributed by atoms with E-state index in [0.717, 1.165) is 19.5 Å². The summed E-state index contributed by atoms with van der Waals surface area (Å²) in [6.07, 6.45) is 4.65. The molecule has 1 N–H and O–H groups in total. The van der Waals surface area contributed by atoms with E-state index in [1.54, 1.807) is 6.20 Å². The van der Waals surface area contributed by atoms with Crippen LogP contribution in [0.15, 0.2) is 54.9 Å². The Labute approximate surface area is 124 Å². The van der Waals surface area contributed by atoms with Crippen molar-refractivity contribution in [1.29, 1.82) is 0 Å². The van der Waals surface area contributed by atoms with Crippen LogP contribution in [0.1, 0.15) is 24.9 Å². The van der Waals surface area contributed by atoms with E-state index in [1.165, 1.54) is 16.3 Å². The fraction of sp³-hybridized carbons (Fsp3) is 0.294. The van der Waals surface area contributed by atoms with Gasteiger partial charge in [0.25, 0.3) is 0 Å². The minimum Gasteiger partial charge on any atom is -0.310 e. The molecule has 1 unspecified atom stereocenters. The van der Waals surface area contributed by atoms with Crippen LogP contribution in [0.5, 0.6) is 0 Å². The number of aryl methyl sites for hydroxylation is 1. The fourth-order valence-electron chi connectivity index (χ4n) is 2.65. The molecule has 1 heterocycles. The summed E-state index contributed by atoms with van der Waals surface area (Å²) in [5.74, 6) is 0. The van der Waals surface area contributed by atoms with E-state index in [-0.39, 0.29) is 0 Å². The van der Waals surface area contributed by atoms with Crippen molar-refractivity contribution in [2.45, 2.75) is 25.9 Å². The van der Waals surface area contributed by atoms with Gasteiger partial charge in [-0.25, -0.2) is 0 Å². The summed E-state index contributed by atoms with van der Waals surface area (Å²) in [7, 11) is 0. The zero-order valence-corrected chi connectivity index (χ0v) is 12.2. The molecule has 1 aromatic heterocycles. The first kappa shape index (κ1) is 13.8. The molecule has 108 valence electrons. The molecule has 3 aromatic rings. The minimum absolute atomic E-state index is 0.340. The summed E-state index contributed by atoms with van der Waals surface area (Å²) in [5, 5.41) is 14.0. The molecule has 4 heteroatoms. The van der Waals surface area contributed by atoms with Gasteiger partial charge in [-0.05, 0) is 36.2 Å². The van der Waals surface area contributed by atoms with E-state index in [9.17, 15) is 0 Å². The van der Waals surface area contributed by atoms with Gasteiger partial charge < -0.3 is 5.32 Å². The van der Waals surface area contributed by atoms with Crippen LogP contribution in [0, 0.1) is 0 Å². The minimum atomic E-state index is 0.340. The summed E-state index contributed by atoms with van der Waals surface area (Å²) in [5.41, 5.74) is 1.36. The van der Waals surface area contributed by atoms with Crippen LogP contribution >= 0.6 is 0 Å². The fourth-order valence-corrected chi connectivity index (χ4v) is 2.65. The molecule has 0 aliphatic rings. The Kier molecular flexibility index (Phi) is 4.26. The zero-order chi connectivity index (χ0) is 14.5. The van der Waals surface area contributed by atoms with Gasteiger partial charge >= 0.3 is 0 Å². The molecule has 3 rings (SSSR count). The highest BCUT2D eigenvalue weighted by Gasteiger charge is 2.08. The molecule has 1 atom stereocenters. The van der Waals surface area contributed by atoms with Gasteiger partial charge in [0.1, 0.15) is 0 Å². The molecule has 21 heavy (non-hydrogen) atoms. The van der Waals surface area contributed by atoms with Crippen LogP contribution in [0.2, 0.25) is 0 Å². The van der Waals surface area contributed by atoms with Gasteiger partial charge in [0, 0.05) is 18.8 Å². The third-order valence-corrected chi connectivity index (χ3v) is 3.78. The second-order valence-electron chi connectivity index (χ2n) is 5.26. The van der Waals surface area contributed by atoms with Crippen molar-refractivity contribution in [2.75, 3.05) is 6.54 Å². The van der Waals surface area contributed by atoms with Crippen molar-refractivity contribution in [3.05, 3.63) is 60.4 Å². The number of nitrogens with zero attached hydrogens (tertiary/aromatic N) is 3. The molecule has 0 saturated heterocycles. The smallest absolute Gasteiger partial charge is 0.0692 e. The van der Waals surface area contributed by atoms with Gasteiger partial charge in [-0.15, -0.1) is 5.10 Å². The molecule has 4 nitrogen and oxygen atoms in total. The first-order chi connectivity index (χ1) is 10.3. The van der Waals surface area contributed by atoms with Gasteiger partial charge in [-0.3, -0.25) is 4.68 Å². The van der Waals surface area contributed by atoms with Gasteiger partial charge in [-0.2, -0.15) is 0 Å². The summed E-state index contributed by atoms with van der Waals surface area (Å²) in [6.45, 7) is 4.08. The highest BCUT2D eigenvalue weighted by atomic mass is 15.4. The predicted molar refractivity (Wildman–Crippen MR) is 85.0 cm³/mol. The highest BCUT2D eigenvalue weighted by Crippen LogP contribution is 2.23. The summed E-state index contributed by atoms with van der Waals surface area (Å²) < 4.78 is 1.87. The lowest BCUT2D eigenvalue weighted by Crippen LogP contribution is -2.21. The zero-order valence-electron chi connectivity index (χ0n) is 12.2. The first-order valence-electron chi connectivity index (χ1n) is 7.40. The Hall–Kier alpha value is -2.20. The van der Waals surface area contributed by atoms with Crippen molar-refractivity contribution in [3.63, 3.8) is 0 Å². The van der Waals surface area contributed by atoms with Crippen molar-refractivity contribution in [2.24, 2.45) is 0 Å². The number of aromatic nitrogens is 3. The maximum absolute atomic E-state index is 3.97. The first-order valence-corrected chi connectivity index (χ1v) is 7.40. The largest absolute Gasteiger partial charge is 0.310 e. The molecular formula is C17H20N4. The average molecular weight is 280 g/mol. The van der Waals surface area contributed by atoms with Crippen molar-refractivity contribution in [3.8, 4) is 0 Å². The van der Waals surface area contributed by atoms with Crippen LogP contribution in [0.3, 0.4) is 0 Å². The van der Waals surface area contributed by atoms with Gasteiger partial charge in [0.2, 0.25) is 0 Å². The number of nitrogens with one attached hydrogen (secondary N) is 1. The monoisotopic (exact) mass is 280 g/mol. The summed E-state index contributed by atoms with van der Waals surface area (Å²) >= 11 is 0. The summed E-state index contributed by atoms with van der Waals surface area (Å²) in [6, 6.07) is 15.4. The average Bonchev–Trinajstić information content (AvgIpc) is 3.04. The third kappa shape index (κ3) is 3.28. The topological polar surface area (TPSA) is 42.7 Å². The van der Waals surface area contributed by atoms with Gasteiger partial charge in [0.05, 0.1) is 6.20 Å². The van der Waals surface area contributed by atoms with Crippen LogP contribution in [0.25, 0.3) is 10.8 Å². The van der Waals surface area contributed by atoms with E-state index in [0.29, 0.717) is 6.04 Å². The van der Waals surface area contributed by atoms with Crippen molar-refractivity contribution in [1.82, 2.24) is 20.3 Å². The lowest BCUT2D eigenvalue weighted by atomic mass is 10.00. The number of hydrogen-bond donors (Lipinski definition) is 1. The number of hydrogen-bond acceptors (Lipinski definition) is 3. The summed E-state index contributed by atoms with van der Waals surface area (Å²) in [4.78, 5) is 0. The lowest BCUT2D eigenvalue weighted by molar-refractivity contribution is 0.500. The van der Waals surface area contributed by atoms with Crippen LogP contribution < -0.4 is 5.32 Å². The molecule has 0 bridgehead atoms. The maximum atomic E-state index is 3.97. The Morgan fingerprint density at radius 2 is 2.00 bits per heavy atom. The molecule has 0 spiro atoms. The van der Waals surface area contributed by atoms with E-state index in [2.05, 4.69) is 65.0 Å². The predicted octanol–water partition coefficient (Wildman–Crippen LogP) is 3.17. The molecule has 2 aromatic carbocycles. The molecule has 0 fully saturated rings. The van der Waals surface area contributed by atoms with E-state index in [4.69, 9.17) is 0 Å². The van der Waals surface area contributed by atoms with Gasteiger partial charge in [-0.1, -0.05) is 47.7 Å². The van der Waals surface area contributed by atoms with E-state index in [1.807, 2.05) is 10.9 Å². The molecule has 0 radical (unpaired) electrons.